The summed E-state index contributed by atoms with van der Waals surface area (Å²) in [5.74, 6) is 1.97. The van der Waals surface area contributed by atoms with Crippen LogP contribution in [0.4, 0.5) is 0 Å². The van der Waals surface area contributed by atoms with Crippen molar-refractivity contribution in [2.24, 2.45) is 12.5 Å². The lowest BCUT2D eigenvalue weighted by molar-refractivity contribution is 0.171. The van der Waals surface area contributed by atoms with Gasteiger partial charge in [0.2, 0.25) is 0 Å². The topological polar surface area (TPSA) is 52.0 Å². The van der Waals surface area contributed by atoms with Crippen LogP contribution in [-0.2, 0) is 18.3 Å². The molecule has 5 heteroatoms. The quantitative estimate of drug-likeness (QED) is 0.771. The van der Waals surface area contributed by atoms with Crippen LogP contribution in [0.1, 0.15) is 30.9 Å². The smallest absolute Gasteiger partial charge is 0.146 e. The van der Waals surface area contributed by atoms with Crippen LogP contribution >= 0.6 is 0 Å². The van der Waals surface area contributed by atoms with Gasteiger partial charge in [-0.25, -0.2) is 0 Å². The van der Waals surface area contributed by atoms with E-state index in [1.54, 1.807) is 7.11 Å². The molecule has 1 heterocycles. The van der Waals surface area contributed by atoms with Gasteiger partial charge in [-0.3, -0.25) is 0 Å². The van der Waals surface area contributed by atoms with Crippen molar-refractivity contribution in [1.82, 2.24) is 20.1 Å². The maximum absolute atomic E-state index is 5.15. The van der Waals surface area contributed by atoms with E-state index in [9.17, 15) is 0 Å². The Bertz CT molecular complexity index is 371. The van der Waals surface area contributed by atoms with Crippen LogP contribution in [-0.4, -0.2) is 35.0 Å². The van der Waals surface area contributed by atoms with Crippen LogP contribution < -0.4 is 5.32 Å². The molecule has 1 aromatic rings. The number of hydrogen-bond acceptors (Lipinski definition) is 4. The van der Waals surface area contributed by atoms with E-state index in [-0.39, 0.29) is 0 Å². The summed E-state index contributed by atoms with van der Waals surface area (Å²) in [6.45, 7) is 4.69. The molecule has 0 aliphatic heterocycles. The fourth-order valence-electron chi connectivity index (χ4n) is 2.05. The number of ether oxygens (including phenoxy) is 1. The minimum Gasteiger partial charge on any atom is -0.385 e. The Morgan fingerprint density at radius 3 is 2.71 bits per heavy atom. The fourth-order valence-corrected chi connectivity index (χ4v) is 2.05. The van der Waals surface area contributed by atoms with Gasteiger partial charge in [-0.1, -0.05) is 0 Å². The first-order chi connectivity index (χ1) is 8.17. The number of rotatable bonds is 7. The molecule has 1 N–H and O–H groups in total. The molecule has 0 bridgehead atoms. The van der Waals surface area contributed by atoms with Crippen molar-refractivity contribution in [2.75, 3.05) is 20.3 Å². The first-order valence-electron chi connectivity index (χ1n) is 6.21. The second-order valence-corrected chi connectivity index (χ2v) is 5.07. The van der Waals surface area contributed by atoms with Gasteiger partial charge < -0.3 is 14.6 Å². The molecule has 1 fully saturated rings. The van der Waals surface area contributed by atoms with Crippen LogP contribution in [0.15, 0.2) is 0 Å². The van der Waals surface area contributed by atoms with Crippen LogP contribution in [0.2, 0.25) is 0 Å². The Labute approximate surface area is 103 Å². The third kappa shape index (κ3) is 3.04. The molecular weight excluding hydrogens is 216 g/mol. The zero-order valence-corrected chi connectivity index (χ0v) is 11.0. The molecule has 96 valence electrons. The van der Waals surface area contributed by atoms with E-state index in [1.807, 2.05) is 18.5 Å². The Balaban J connectivity index is 1.74. The van der Waals surface area contributed by atoms with Crippen molar-refractivity contribution in [2.45, 2.75) is 32.7 Å². The third-order valence-corrected chi connectivity index (χ3v) is 3.76. The molecule has 0 aromatic carbocycles. The fraction of sp³-hybridized carbons (Fsp3) is 0.833. The van der Waals surface area contributed by atoms with E-state index in [2.05, 4.69) is 15.5 Å². The second kappa shape index (κ2) is 5.14. The molecule has 0 radical (unpaired) electrons. The Morgan fingerprint density at radius 1 is 1.41 bits per heavy atom. The molecule has 2 rings (SSSR count). The zero-order chi connectivity index (χ0) is 12.3. The molecule has 1 saturated carbocycles. The lowest BCUT2D eigenvalue weighted by atomic mass is 10.0. The first kappa shape index (κ1) is 12.5. The highest BCUT2D eigenvalue weighted by Crippen LogP contribution is 2.48. The second-order valence-electron chi connectivity index (χ2n) is 5.07. The zero-order valence-electron chi connectivity index (χ0n) is 11.0. The number of nitrogens with one attached hydrogen (secondary N) is 1. The predicted molar refractivity (Wildman–Crippen MR) is 65.6 cm³/mol. The van der Waals surface area contributed by atoms with Gasteiger partial charge in [0.05, 0.1) is 6.54 Å². The number of nitrogens with zero attached hydrogens (tertiary/aromatic N) is 3. The predicted octanol–water partition coefficient (Wildman–Crippen LogP) is 1.03. The van der Waals surface area contributed by atoms with Crippen molar-refractivity contribution in [3.8, 4) is 0 Å². The molecule has 0 unspecified atom stereocenters. The van der Waals surface area contributed by atoms with Crippen molar-refractivity contribution in [3.63, 3.8) is 0 Å². The van der Waals surface area contributed by atoms with Gasteiger partial charge in [0.25, 0.3) is 0 Å². The van der Waals surface area contributed by atoms with Crippen LogP contribution in [0.3, 0.4) is 0 Å². The van der Waals surface area contributed by atoms with E-state index in [4.69, 9.17) is 4.74 Å². The Morgan fingerprint density at radius 2 is 2.18 bits per heavy atom. The lowest BCUT2D eigenvalue weighted by Gasteiger charge is -2.15. The standard InChI is InChI=1S/C12H22N4O/c1-10-14-15-11(16(10)2)8-13-9-12(4-5-12)6-7-17-3/h13H,4-9H2,1-3H3. The molecule has 0 spiro atoms. The van der Waals surface area contributed by atoms with E-state index in [0.29, 0.717) is 5.41 Å². The number of hydrogen-bond donors (Lipinski definition) is 1. The highest BCUT2D eigenvalue weighted by atomic mass is 16.5. The minimum atomic E-state index is 0.490. The summed E-state index contributed by atoms with van der Waals surface area (Å²) < 4.78 is 7.18. The summed E-state index contributed by atoms with van der Waals surface area (Å²) in [4.78, 5) is 0. The molecule has 1 aliphatic rings. The van der Waals surface area contributed by atoms with Crippen LogP contribution in [0.25, 0.3) is 0 Å². The number of aromatic nitrogens is 3. The summed E-state index contributed by atoms with van der Waals surface area (Å²) >= 11 is 0. The first-order valence-corrected chi connectivity index (χ1v) is 6.21. The van der Waals surface area contributed by atoms with Crippen molar-refractivity contribution >= 4 is 0 Å². The van der Waals surface area contributed by atoms with E-state index < -0.39 is 0 Å². The molecule has 0 saturated heterocycles. The minimum absolute atomic E-state index is 0.490. The van der Waals surface area contributed by atoms with Gasteiger partial charge in [-0.2, -0.15) is 0 Å². The summed E-state index contributed by atoms with van der Waals surface area (Å²) in [5.41, 5.74) is 0.490. The van der Waals surface area contributed by atoms with Gasteiger partial charge >= 0.3 is 0 Å². The molecule has 17 heavy (non-hydrogen) atoms. The van der Waals surface area contributed by atoms with E-state index >= 15 is 0 Å². The largest absolute Gasteiger partial charge is 0.385 e. The normalized spacial score (nSPS) is 17.4. The lowest BCUT2D eigenvalue weighted by Crippen LogP contribution is -2.25. The Kier molecular flexibility index (Phi) is 3.79. The monoisotopic (exact) mass is 238 g/mol. The van der Waals surface area contributed by atoms with Crippen LogP contribution in [0, 0.1) is 12.3 Å². The van der Waals surface area contributed by atoms with Crippen molar-refractivity contribution in [1.29, 1.82) is 0 Å². The average Bonchev–Trinajstić information content (AvgIpc) is 3.03. The summed E-state index contributed by atoms with van der Waals surface area (Å²) in [5, 5.41) is 11.7. The maximum Gasteiger partial charge on any atom is 0.146 e. The number of aryl methyl sites for hydroxylation is 1. The number of methoxy groups -OCH3 is 1. The molecule has 0 atom stereocenters. The van der Waals surface area contributed by atoms with Gasteiger partial charge in [0, 0.05) is 27.3 Å². The summed E-state index contributed by atoms with van der Waals surface area (Å²) in [6, 6.07) is 0. The van der Waals surface area contributed by atoms with Gasteiger partial charge in [-0.15, -0.1) is 10.2 Å². The van der Waals surface area contributed by atoms with E-state index in [0.717, 1.165) is 37.8 Å². The van der Waals surface area contributed by atoms with Gasteiger partial charge in [-0.05, 0) is 31.6 Å². The maximum atomic E-state index is 5.15. The van der Waals surface area contributed by atoms with Crippen molar-refractivity contribution in [3.05, 3.63) is 11.6 Å². The highest BCUT2D eigenvalue weighted by molar-refractivity contribution is 4.96. The average molecular weight is 238 g/mol. The van der Waals surface area contributed by atoms with Gasteiger partial charge in [0.15, 0.2) is 0 Å². The van der Waals surface area contributed by atoms with Crippen molar-refractivity contribution < 1.29 is 4.74 Å². The summed E-state index contributed by atoms with van der Waals surface area (Å²) in [6.07, 6.45) is 3.80. The molecule has 1 aliphatic carbocycles. The molecule has 0 amide bonds. The highest BCUT2D eigenvalue weighted by Gasteiger charge is 2.41. The SMILES string of the molecule is COCCC1(CNCc2nnc(C)n2C)CC1. The van der Waals surface area contributed by atoms with Gasteiger partial charge in [0.1, 0.15) is 11.6 Å². The summed E-state index contributed by atoms with van der Waals surface area (Å²) in [7, 11) is 3.77. The van der Waals surface area contributed by atoms with Crippen LogP contribution in [0.5, 0.6) is 0 Å². The third-order valence-electron chi connectivity index (χ3n) is 3.76. The Hall–Kier alpha value is -0.940. The molecular formula is C12H22N4O. The molecule has 1 aromatic heterocycles. The molecule has 5 nitrogen and oxygen atoms in total. The van der Waals surface area contributed by atoms with E-state index in [1.165, 1.54) is 12.8 Å².